The lowest BCUT2D eigenvalue weighted by Gasteiger charge is -2.18. The van der Waals surface area contributed by atoms with Crippen molar-refractivity contribution < 1.29 is 9.13 Å². The van der Waals surface area contributed by atoms with Crippen molar-refractivity contribution in [3.63, 3.8) is 0 Å². The molecule has 0 atom stereocenters. The minimum atomic E-state index is -0.335. The number of aryl methyl sites for hydroxylation is 3. The number of para-hydroxylation sites is 1. The van der Waals surface area contributed by atoms with Crippen LogP contribution in [0.5, 0.6) is 11.5 Å². The average molecular weight is 596 g/mol. The van der Waals surface area contributed by atoms with E-state index in [0.29, 0.717) is 17.3 Å². The van der Waals surface area contributed by atoms with Gasteiger partial charge in [0.1, 0.15) is 23.1 Å². The number of ether oxygens (including phenoxy) is 1. The summed E-state index contributed by atoms with van der Waals surface area (Å²) in [6.07, 6.45) is 1.49. The molecule has 0 bridgehead atoms. The Morgan fingerprint density at radius 2 is 1.44 bits per heavy atom. The van der Waals surface area contributed by atoms with E-state index in [4.69, 9.17) is 9.84 Å². The van der Waals surface area contributed by atoms with Crippen molar-refractivity contribution in [3.05, 3.63) is 126 Å². The van der Waals surface area contributed by atoms with Crippen molar-refractivity contribution in [3.8, 4) is 34.1 Å². The second-order valence-corrected chi connectivity index (χ2v) is 11.8. The van der Waals surface area contributed by atoms with Crippen LogP contribution in [0.1, 0.15) is 22.5 Å². The van der Waals surface area contributed by atoms with Crippen molar-refractivity contribution in [2.45, 2.75) is 27.7 Å². The smallest absolute Gasteiger partial charge is 0.140 e. The van der Waals surface area contributed by atoms with Gasteiger partial charge in [0.25, 0.3) is 0 Å². The average Bonchev–Trinajstić information content (AvgIpc) is 3.50. The van der Waals surface area contributed by atoms with Gasteiger partial charge in [0.05, 0.1) is 22.4 Å². The maximum atomic E-state index is 14.3. The van der Waals surface area contributed by atoms with Gasteiger partial charge >= 0.3 is 0 Å². The van der Waals surface area contributed by atoms with E-state index >= 15 is 0 Å². The zero-order chi connectivity index (χ0) is 31.4. The van der Waals surface area contributed by atoms with Crippen LogP contribution in [-0.4, -0.2) is 33.4 Å². The van der Waals surface area contributed by atoms with Crippen LogP contribution in [0.3, 0.4) is 0 Å². The van der Waals surface area contributed by atoms with Gasteiger partial charge in [-0.25, -0.2) is 14.1 Å². The number of halogens is 1. The lowest BCUT2D eigenvalue weighted by molar-refractivity contribution is 0.482. The molecule has 0 fully saturated rings. The van der Waals surface area contributed by atoms with Gasteiger partial charge in [-0.3, -0.25) is 4.57 Å². The third-order valence-corrected chi connectivity index (χ3v) is 8.45. The summed E-state index contributed by atoms with van der Waals surface area (Å²) in [5.74, 6) is 1.54. The van der Waals surface area contributed by atoms with E-state index in [-0.39, 0.29) is 5.82 Å². The van der Waals surface area contributed by atoms with Gasteiger partial charge in [0, 0.05) is 66.2 Å². The molecular formula is C38H34FN5O. The maximum absolute atomic E-state index is 14.3. The summed E-state index contributed by atoms with van der Waals surface area (Å²) in [5.41, 5.74) is 10.8. The van der Waals surface area contributed by atoms with Gasteiger partial charge in [-0.05, 0) is 92.9 Å². The van der Waals surface area contributed by atoms with Crippen LogP contribution in [0, 0.1) is 33.5 Å². The molecule has 0 saturated heterocycles. The van der Waals surface area contributed by atoms with Gasteiger partial charge in [-0.2, -0.15) is 5.10 Å². The molecule has 0 aliphatic heterocycles. The zero-order valence-electron chi connectivity index (χ0n) is 26.3. The third-order valence-electron chi connectivity index (χ3n) is 8.45. The van der Waals surface area contributed by atoms with Gasteiger partial charge in [-0.1, -0.05) is 24.3 Å². The molecule has 224 valence electrons. The standard InChI is InChI=1S/C38H34FN5O/c1-23-18-29(42(5)6)19-24(2)37(23)38-25(3)41-44(26(38)4)28-10-9-11-30(21-28)45-31-14-15-33-32-12-7-8-13-34(32)43(35(33)22-31)36-20-27(39)16-17-40-36/h7-22H,1-6H3. The number of pyridine rings is 1. The van der Waals surface area contributed by atoms with Crippen LogP contribution in [-0.2, 0) is 0 Å². The number of hydrogen-bond acceptors (Lipinski definition) is 4. The van der Waals surface area contributed by atoms with Gasteiger partial charge in [0.15, 0.2) is 0 Å². The molecule has 0 radical (unpaired) electrons. The number of hydrogen-bond donors (Lipinski definition) is 0. The van der Waals surface area contributed by atoms with E-state index < -0.39 is 0 Å². The number of nitrogens with zero attached hydrogens (tertiary/aromatic N) is 5. The number of benzene rings is 4. The van der Waals surface area contributed by atoms with Crippen molar-refractivity contribution in [2.75, 3.05) is 19.0 Å². The molecule has 0 N–H and O–H groups in total. The Bertz CT molecular complexity index is 2220. The highest BCUT2D eigenvalue weighted by molar-refractivity contribution is 6.09. The van der Waals surface area contributed by atoms with E-state index in [1.54, 1.807) is 0 Å². The molecule has 0 amide bonds. The van der Waals surface area contributed by atoms with Crippen molar-refractivity contribution in [1.82, 2.24) is 19.3 Å². The van der Waals surface area contributed by atoms with E-state index in [1.807, 2.05) is 69.9 Å². The molecule has 4 aromatic carbocycles. The Kier molecular flexibility index (Phi) is 6.89. The first-order chi connectivity index (χ1) is 21.7. The van der Waals surface area contributed by atoms with Crippen LogP contribution in [0.4, 0.5) is 10.1 Å². The fraction of sp³-hybridized carbons (Fsp3) is 0.158. The molecule has 6 nitrogen and oxygen atoms in total. The highest BCUT2D eigenvalue weighted by Gasteiger charge is 2.20. The van der Waals surface area contributed by atoms with Crippen LogP contribution >= 0.6 is 0 Å². The van der Waals surface area contributed by atoms with Crippen molar-refractivity contribution in [1.29, 1.82) is 0 Å². The summed E-state index contributed by atoms with van der Waals surface area (Å²) in [6.45, 7) is 8.52. The van der Waals surface area contributed by atoms with Crippen molar-refractivity contribution in [2.24, 2.45) is 0 Å². The molecule has 0 saturated carbocycles. The first kappa shape index (κ1) is 28.3. The van der Waals surface area contributed by atoms with E-state index in [0.717, 1.165) is 44.4 Å². The molecule has 7 heteroatoms. The highest BCUT2D eigenvalue weighted by Crippen LogP contribution is 2.38. The minimum Gasteiger partial charge on any atom is -0.457 e. The SMILES string of the molecule is Cc1cc(N(C)C)cc(C)c1-c1c(C)nn(-c2cccc(Oc3ccc4c5ccccc5n(-c5cc(F)ccn5)c4c3)c2)c1C. The quantitative estimate of drug-likeness (QED) is 0.192. The first-order valence-electron chi connectivity index (χ1n) is 15.0. The Labute approximate surface area is 261 Å². The van der Waals surface area contributed by atoms with Crippen LogP contribution in [0.25, 0.3) is 44.4 Å². The molecule has 0 spiro atoms. The molecule has 0 unspecified atom stereocenters. The second-order valence-electron chi connectivity index (χ2n) is 11.8. The highest BCUT2D eigenvalue weighted by atomic mass is 19.1. The number of fused-ring (bicyclic) bond motifs is 3. The van der Waals surface area contributed by atoms with Gasteiger partial charge in [-0.15, -0.1) is 0 Å². The second kappa shape index (κ2) is 10.9. The Morgan fingerprint density at radius 1 is 0.711 bits per heavy atom. The summed E-state index contributed by atoms with van der Waals surface area (Å²) in [6, 6.07) is 29.3. The van der Waals surface area contributed by atoms with Crippen LogP contribution in [0.2, 0.25) is 0 Å². The largest absolute Gasteiger partial charge is 0.457 e. The molecule has 7 aromatic rings. The summed E-state index contributed by atoms with van der Waals surface area (Å²) < 4.78 is 24.7. The van der Waals surface area contributed by atoms with E-state index in [2.05, 4.69) is 69.9 Å². The number of aromatic nitrogens is 4. The van der Waals surface area contributed by atoms with Gasteiger partial charge in [0.2, 0.25) is 0 Å². The van der Waals surface area contributed by atoms with Crippen molar-refractivity contribution >= 4 is 27.5 Å². The Morgan fingerprint density at radius 3 is 2.20 bits per heavy atom. The fourth-order valence-corrected chi connectivity index (χ4v) is 6.44. The summed E-state index contributed by atoms with van der Waals surface area (Å²) in [4.78, 5) is 6.61. The molecule has 0 aliphatic carbocycles. The topological polar surface area (TPSA) is 48.1 Å². The molecule has 45 heavy (non-hydrogen) atoms. The minimum absolute atomic E-state index is 0.335. The number of rotatable bonds is 6. The zero-order valence-corrected chi connectivity index (χ0v) is 26.3. The molecule has 7 rings (SSSR count). The maximum Gasteiger partial charge on any atom is 0.140 e. The molecular weight excluding hydrogens is 561 g/mol. The Balaban J connectivity index is 1.27. The monoisotopic (exact) mass is 595 g/mol. The van der Waals surface area contributed by atoms with Crippen LogP contribution < -0.4 is 9.64 Å². The van der Waals surface area contributed by atoms with Crippen LogP contribution in [0.15, 0.2) is 97.2 Å². The first-order valence-corrected chi connectivity index (χ1v) is 15.0. The van der Waals surface area contributed by atoms with E-state index in [9.17, 15) is 4.39 Å². The third kappa shape index (κ3) is 4.90. The van der Waals surface area contributed by atoms with Gasteiger partial charge < -0.3 is 9.64 Å². The predicted molar refractivity (Wildman–Crippen MR) is 181 cm³/mol. The molecule has 3 aromatic heterocycles. The van der Waals surface area contributed by atoms with E-state index in [1.165, 1.54) is 40.7 Å². The molecule has 3 heterocycles. The molecule has 0 aliphatic rings. The lowest BCUT2D eigenvalue weighted by atomic mass is 9.93. The summed E-state index contributed by atoms with van der Waals surface area (Å²) >= 11 is 0. The summed E-state index contributed by atoms with van der Waals surface area (Å²) in [7, 11) is 4.13. The number of anilines is 1. The normalized spacial score (nSPS) is 11.4. The predicted octanol–water partition coefficient (Wildman–Crippen LogP) is 9.26. The summed E-state index contributed by atoms with van der Waals surface area (Å²) in [5, 5.41) is 7.08. The lowest BCUT2D eigenvalue weighted by Crippen LogP contribution is -2.09. The fourth-order valence-electron chi connectivity index (χ4n) is 6.44. The Hall–Kier alpha value is -5.43.